The summed E-state index contributed by atoms with van der Waals surface area (Å²) in [5.41, 5.74) is 0.742. The number of phenols is 1. The maximum atomic E-state index is 13.4. The van der Waals surface area contributed by atoms with Crippen LogP contribution in [0.4, 0.5) is 34.1 Å². The molecule has 0 bridgehead atoms. The van der Waals surface area contributed by atoms with Crippen LogP contribution in [-0.2, 0) is 33.1 Å². The molecule has 18 nitrogen and oxygen atoms in total. The number of hydrogen-bond acceptors (Lipinski definition) is 15. The molecule has 0 aliphatic heterocycles. The Labute approximate surface area is 483 Å². The van der Waals surface area contributed by atoms with Crippen LogP contribution < -0.4 is 25.0 Å². The molecular weight excluding hydrogens is 1100 g/mol. The van der Waals surface area contributed by atoms with Crippen molar-refractivity contribution >= 4 is 149 Å². The summed E-state index contributed by atoms with van der Waals surface area (Å²) in [5, 5.41) is 58.1. The van der Waals surface area contributed by atoms with Gasteiger partial charge in [-0.15, -0.1) is 15.3 Å². The second-order valence-corrected chi connectivity index (χ2v) is 19.7. The van der Waals surface area contributed by atoms with E-state index in [1.54, 1.807) is 118 Å². The summed E-state index contributed by atoms with van der Waals surface area (Å²) in [6.45, 7) is 7.82. The van der Waals surface area contributed by atoms with Crippen LogP contribution in [0.1, 0.15) is 54.7 Å². The second-order valence-electron chi connectivity index (χ2n) is 16.2. The second kappa shape index (κ2) is 26.1. The molecule has 0 atom stereocenters. The Balaban J connectivity index is 0.000000246. The minimum atomic E-state index is -4.64. The van der Waals surface area contributed by atoms with Gasteiger partial charge in [-0.25, -0.2) is 0 Å². The normalized spacial score (nSPS) is 11.9. The number of benzene rings is 8. The van der Waals surface area contributed by atoms with Crippen LogP contribution in [0.15, 0.2) is 169 Å². The quantitative estimate of drug-likeness (QED) is 0.0231. The number of carbonyl (C=O) groups is 1. The van der Waals surface area contributed by atoms with Crippen molar-refractivity contribution in [1.29, 1.82) is 0 Å². The van der Waals surface area contributed by atoms with E-state index >= 15 is 0 Å². The molecule has 8 rings (SSSR count). The number of anilines is 1. The molecule has 23 heteroatoms. The van der Waals surface area contributed by atoms with Crippen molar-refractivity contribution in [3.8, 4) is 23.0 Å². The molecular formula is C54H46CaCl2N6O12S2. The van der Waals surface area contributed by atoms with E-state index < -0.39 is 53.3 Å². The standard InChI is InChI=1S/2C27H24ClN3O6S.Ca/c2*1-3-16-13-14-21(23(28)26(16)38(34,35)36)30-31-24-18-10-6-5-9-17(18)15-19(25(24)32)27(33)29-20-11-7-8-12-22(20)37-4-2;/h2*5-15,32H,3-4H2,1-2H3,(H,29,33)(H,34,35,36);/q;;+2/p-2. The van der Waals surface area contributed by atoms with E-state index in [1.807, 2.05) is 6.92 Å². The molecule has 0 aliphatic carbocycles. The van der Waals surface area contributed by atoms with Crippen molar-refractivity contribution in [1.82, 2.24) is 0 Å². The zero-order valence-corrected chi connectivity index (χ0v) is 46.9. The number of hydrogen-bond donors (Lipinski definition) is 4. The molecule has 0 saturated heterocycles. The van der Waals surface area contributed by atoms with Gasteiger partial charge in [0.1, 0.15) is 44.0 Å². The fourth-order valence-corrected chi connectivity index (χ4v) is 10.6. The van der Waals surface area contributed by atoms with Crippen molar-refractivity contribution in [3.05, 3.63) is 166 Å². The number of aromatic hydroxyl groups is 1. The van der Waals surface area contributed by atoms with E-state index in [1.165, 1.54) is 36.4 Å². The number of halogens is 2. The molecule has 0 aromatic heterocycles. The first-order chi connectivity index (χ1) is 36.3. The zero-order valence-electron chi connectivity index (χ0n) is 41.6. The Kier molecular flexibility index (Phi) is 20.2. The Morgan fingerprint density at radius 1 is 0.597 bits per heavy atom. The van der Waals surface area contributed by atoms with Crippen molar-refractivity contribution in [2.45, 2.75) is 50.3 Å². The van der Waals surface area contributed by atoms with Gasteiger partial charge in [0.2, 0.25) is 0 Å². The number of aryl methyl sites for hydroxylation is 2. The molecule has 0 aliphatic rings. The maximum Gasteiger partial charge on any atom is 2.00 e. The molecule has 0 unspecified atom stereocenters. The van der Waals surface area contributed by atoms with Crippen molar-refractivity contribution < 1.29 is 55.5 Å². The van der Waals surface area contributed by atoms with E-state index in [2.05, 4.69) is 30.8 Å². The summed E-state index contributed by atoms with van der Waals surface area (Å²) >= 11 is 12.5. The average molecular weight is 1150 g/mol. The SMILES string of the molecule is CCOc1ccccc1N=C([O-])c1cc2ccccc2c(N=Nc2ccc(CC)c(S(=O)(=O)O)c2Cl)c1[O-].CCOc1ccccc1NC(=O)c1cc2ccccc2c(N=Nc2ccc(CC)c(S(=O)(=O)O)c2Cl)c1O.[Ca+2]. The summed E-state index contributed by atoms with van der Waals surface area (Å²) in [4.78, 5) is 16.4. The average Bonchev–Trinajstić information content (AvgIpc) is 3.39. The van der Waals surface area contributed by atoms with E-state index in [4.69, 9.17) is 32.7 Å². The molecule has 1 amide bonds. The number of azo groups is 2. The van der Waals surface area contributed by atoms with Crippen LogP contribution >= 0.6 is 23.2 Å². The molecule has 0 saturated carbocycles. The number of fused-ring (bicyclic) bond motifs is 2. The topological polar surface area (TPSA) is 284 Å². The Morgan fingerprint density at radius 3 is 1.58 bits per heavy atom. The number of nitrogens with zero attached hydrogens (tertiary/aromatic N) is 5. The zero-order chi connectivity index (χ0) is 54.9. The van der Waals surface area contributed by atoms with Crippen LogP contribution in [-0.4, -0.2) is 93.8 Å². The fraction of sp³-hybridized carbons (Fsp3) is 0.148. The number of phenolic OH excluding ortho intramolecular Hbond substituents is 1. The molecule has 0 heterocycles. The molecule has 8 aromatic rings. The molecule has 0 fully saturated rings. The minimum Gasteiger partial charge on any atom is -0.871 e. The summed E-state index contributed by atoms with van der Waals surface area (Å²) in [6, 6.07) is 36.1. The monoisotopic (exact) mass is 1140 g/mol. The third-order valence-electron chi connectivity index (χ3n) is 11.4. The predicted octanol–water partition coefficient (Wildman–Crippen LogP) is 12.3. The summed E-state index contributed by atoms with van der Waals surface area (Å²) < 4.78 is 78.1. The van der Waals surface area contributed by atoms with E-state index in [-0.39, 0.29) is 87.3 Å². The Morgan fingerprint density at radius 2 is 1.05 bits per heavy atom. The van der Waals surface area contributed by atoms with Gasteiger partial charge in [-0.05, 0) is 109 Å². The van der Waals surface area contributed by atoms with E-state index in [0.717, 1.165) is 0 Å². The van der Waals surface area contributed by atoms with Crippen molar-refractivity contribution in [2.24, 2.45) is 25.4 Å². The van der Waals surface area contributed by atoms with Gasteiger partial charge < -0.3 is 30.1 Å². The summed E-state index contributed by atoms with van der Waals surface area (Å²) in [6.07, 6.45) is 0.600. The number of ether oxygens (including phenoxy) is 2. The van der Waals surface area contributed by atoms with Gasteiger partial charge in [0.05, 0.1) is 40.2 Å². The first kappa shape index (κ1) is 59.5. The van der Waals surface area contributed by atoms with Crippen LogP contribution in [0, 0.1) is 0 Å². The Hall–Kier alpha value is -6.72. The van der Waals surface area contributed by atoms with Gasteiger partial charge in [0.15, 0.2) is 5.75 Å². The number of aliphatic imine (C=N–C) groups is 1. The number of nitrogens with one attached hydrogen (secondary N) is 1. The van der Waals surface area contributed by atoms with E-state index in [9.17, 15) is 46.1 Å². The largest absolute Gasteiger partial charge is 2.00 e. The summed E-state index contributed by atoms with van der Waals surface area (Å²) in [5.74, 6) is -1.67. The van der Waals surface area contributed by atoms with Gasteiger partial charge in [0.25, 0.3) is 26.1 Å². The minimum absolute atomic E-state index is 0. The van der Waals surface area contributed by atoms with Crippen LogP contribution in [0.25, 0.3) is 21.5 Å². The molecule has 4 N–H and O–H groups in total. The van der Waals surface area contributed by atoms with Gasteiger partial charge in [-0.1, -0.05) is 128 Å². The molecule has 0 radical (unpaired) electrons. The number of para-hydroxylation sites is 4. The van der Waals surface area contributed by atoms with Gasteiger partial charge >= 0.3 is 37.7 Å². The fourth-order valence-electron chi connectivity index (χ4n) is 7.85. The number of rotatable bonds is 16. The maximum absolute atomic E-state index is 13.4. The van der Waals surface area contributed by atoms with E-state index in [0.29, 0.717) is 75.9 Å². The van der Waals surface area contributed by atoms with Crippen molar-refractivity contribution in [3.63, 3.8) is 0 Å². The number of carbonyl (C=O) groups excluding carboxylic acids is 1. The van der Waals surface area contributed by atoms with Crippen LogP contribution in [0.2, 0.25) is 10.0 Å². The van der Waals surface area contributed by atoms with Gasteiger partial charge in [-0.2, -0.15) is 21.9 Å². The van der Waals surface area contributed by atoms with Gasteiger partial charge in [-0.3, -0.25) is 18.9 Å². The van der Waals surface area contributed by atoms with Crippen LogP contribution in [0.5, 0.6) is 23.0 Å². The molecule has 392 valence electrons. The van der Waals surface area contributed by atoms with Gasteiger partial charge in [0, 0.05) is 10.8 Å². The molecule has 77 heavy (non-hydrogen) atoms. The third-order valence-corrected chi connectivity index (χ3v) is 14.3. The molecule has 8 aromatic carbocycles. The number of amides is 1. The van der Waals surface area contributed by atoms with Crippen LogP contribution in [0.3, 0.4) is 0 Å². The summed E-state index contributed by atoms with van der Waals surface area (Å²) in [7, 11) is -9.27. The smallest absolute Gasteiger partial charge is 0.871 e. The third kappa shape index (κ3) is 13.7. The Bertz CT molecular complexity index is 3860. The first-order valence-corrected chi connectivity index (χ1v) is 26.8. The predicted molar refractivity (Wildman–Crippen MR) is 294 cm³/mol. The van der Waals surface area contributed by atoms with Crippen molar-refractivity contribution in [2.75, 3.05) is 18.5 Å². The molecule has 0 spiro atoms. The first-order valence-electron chi connectivity index (χ1n) is 23.2.